The van der Waals surface area contributed by atoms with E-state index in [0.717, 1.165) is 56.8 Å². The van der Waals surface area contributed by atoms with E-state index in [0.29, 0.717) is 6.61 Å². The van der Waals surface area contributed by atoms with Crippen molar-refractivity contribution in [2.24, 2.45) is 11.3 Å². The zero-order chi connectivity index (χ0) is 15.7. The molecule has 4 rings (SSSR count). The van der Waals surface area contributed by atoms with E-state index in [1.165, 1.54) is 0 Å². The van der Waals surface area contributed by atoms with Gasteiger partial charge in [0.15, 0.2) is 0 Å². The summed E-state index contributed by atoms with van der Waals surface area (Å²) in [5.74, 6) is 1.05. The highest BCUT2D eigenvalue weighted by atomic mass is 16.5. The molecule has 1 spiro atoms. The number of ether oxygens (including phenoxy) is 2. The minimum absolute atomic E-state index is 0.0877. The van der Waals surface area contributed by atoms with Crippen molar-refractivity contribution in [3.8, 4) is 5.75 Å². The SMILES string of the molecule is O=C(Nc1ccccc1OC1CCOC1)C1CC12CCNCC2. The molecule has 0 aromatic heterocycles. The van der Waals surface area contributed by atoms with Crippen LogP contribution in [0.2, 0.25) is 0 Å². The number of amides is 1. The summed E-state index contributed by atoms with van der Waals surface area (Å²) in [5.41, 5.74) is 1.03. The van der Waals surface area contributed by atoms with E-state index < -0.39 is 0 Å². The number of rotatable bonds is 4. The highest BCUT2D eigenvalue weighted by Gasteiger charge is 2.57. The van der Waals surface area contributed by atoms with E-state index in [4.69, 9.17) is 9.47 Å². The Balaban J connectivity index is 1.41. The Kier molecular flexibility index (Phi) is 3.99. The predicted octanol–water partition coefficient (Wildman–Crippen LogP) is 2.18. The van der Waals surface area contributed by atoms with Crippen LogP contribution in [0.15, 0.2) is 24.3 Å². The maximum absolute atomic E-state index is 12.6. The molecule has 1 saturated carbocycles. The van der Waals surface area contributed by atoms with Crippen LogP contribution in [0.4, 0.5) is 5.69 Å². The molecule has 2 atom stereocenters. The van der Waals surface area contributed by atoms with E-state index in [1.807, 2.05) is 24.3 Å². The lowest BCUT2D eigenvalue weighted by molar-refractivity contribution is -0.118. The summed E-state index contributed by atoms with van der Waals surface area (Å²) in [4.78, 5) is 12.6. The van der Waals surface area contributed by atoms with Gasteiger partial charge in [-0.15, -0.1) is 0 Å². The molecule has 5 heteroatoms. The van der Waals surface area contributed by atoms with Crippen LogP contribution in [0, 0.1) is 11.3 Å². The van der Waals surface area contributed by atoms with E-state index in [1.54, 1.807) is 0 Å². The third-order valence-corrected chi connectivity index (χ3v) is 5.43. The normalized spacial score (nSPS) is 28.5. The molecule has 1 aromatic rings. The summed E-state index contributed by atoms with van der Waals surface area (Å²) in [6, 6.07) is 7.70. The van der Waals surface area contributed by atoms with Crippen molar-refractivity contribution in [1.82, 2.24) is 5.32 Å². The molecular weight excluding hydrogens is 292 g/mol. The van der Waals surface area contributed by atoms with Crippen molar-refractivity contribution in [3.63, 3.8) is 0 Å². The summed E-state index contributed by atoms with van der Waals surface area (Å²) in [7, 11) is 0. The van der Waals surface area contributed by atoms with Gasteiger partial charge in [0.2, 0.25) is 5.91 Å². The van der Waals surface area contributed by atoms with Gasteiger partial charge < -0.3 is 20.1 Å². The number of carbonyl (C=O) groups excluding carboxylic acids is 1. The maximum atomic E-state index is 12.6. The molecule has 2 unspecified atom stereocenters. The standard InChI is InChI=1S/C18H24N2O3/c21-17(14-11-18(14)6-8-19-9-7-18)20-15-3-1-2-4-16(15)23-13-5-10-22-12-13/h1-4,13-14,19H,5-12H2,(H,20,21). The van der Waals surface area contributed by atoms with Crippen LogP contribution in [-0.2, 0) is 9.53 Å². The van der Waals surface area contributed by atoms with Crippen LogP contribution in [0.3, 0.4) is 0 Å². The Hall–Kier alpha value is -1.59. The van der Waals surface area contributed by atoms with Gasteiger partial charge in [-0.2, -0.15) is 0 Å². The molecular formula is C18H24N2O3. The highest BCUT2D eigenvalue weighted by Crippen LogP contribution is 2.58. The first kappa shape index (κ1) is 15.0. The highest BCUT2D eigenvalue weighted by molar-refractivity contribution is 5.96. The van der Waals surface area contributed by atoms with Crippen molar-refractivity contribution >= 4 is 11.6 Å². The number of hydrogen-bond donors (Lipinski definition) is 2. The van der Waals surface area contributed by atoms with E-state index in [-0.39, 0.29) is 23.3 Å². The second-order valence-corrected chi connectivity index (χ2v) is 6.96. The summed E-state index contributed by atoms with van der Waals surface area (Å²) in [5, 5.41) is 6.47. The molecule has 2 saturated heterocycles. The van der Waals surface area contributed by atoms with Crippen molar-refractivity contribution < 1.29 is 14.3 Å². The molecule has 2 aliphatic heterocycles. The second kappa shape index (κ2) is 6.13. The van der Waals surface area contributed by atoms with E-state index >= 15 is 0 Å². The fourth-order valence-corrected chi connectivity index (χ4v) is 3.87. The van der Waals surface area contributed by atoms with Crippen LogP contribution in [0.25, 0.3) is 0 Å². The molecule has 0 bridgehead atoms. The zero-order valence-corrected chi connectivity index (χ0v) is 13.3. The number of carbonyl (C=O) groups is 1. The summed E-state index contributed by atoms with van der Waals surface area (Å²) >= 11 is 0. The number of hydrogen-bond acceptors (Lipinski definition) is 4. The van der Waals surface area contributed by atoms with Gasteiger partial charge in [-0.05, 0) is 49.9 Å². The molecule has 23 heavy (non-hydrogen) atoms. The van der Waals surface area contributed by atoms with Crippen LogP contribution < -0.4 is 15.4 Å². The minimum atomic E-state index is 0.0877. The summed E-state index contributed by atoms with van der Waals surface area (Å²) < 4.78 is 11.4. The molecule has 1 aliphatic carbocycles. The van der Waals surface area contributed by atoms with E-state index in [9.17, 15) is 4.79 Å². The van der Waals surface area contributed by atoms with Crippen molar-refractivity contribution in [2.45, 2.75) is 31.8 Å². The first-order chi connectivity index (χ1) is 11.3. The molecule has 2 N–H and O–H groups in total. The van der Waals surface area contributed by atoms with Gasteiger partial charge in [-0.25, -0.2) is 0 Å². The predicted molar refractivity (Wildman–Crippen MR) is 87.6 cm³/mol. The average Bonchev–Trinajstić information content (AvgIpc) is 3.02. The van der Waals surface area contributed by atoms with Crippen LogP contribution in [0.1, 0.15) is 25.7 Å². The molecule has 124 valence electrons. The Morgan fingerprint density at radius 3 is 2.91 bits per heavy atom. The maximum Gasteiger partial charge on any atom is 0.228 e. The number of para-hydroxylation sites is 2. The monoisotopic (exact) mass is 316 g/mol. The van der Waals surface area contributed by atoms with Crippen LogP contribution in [-0.4, -0.2) is 38.3 Å². The largest absolute Gasteiger partial charge is 0.486 e. The Labute approximate surface area is 136 Å². The summed E-state index contributed by atoms with van der Waals surface area (Å²) in [6.45, 7) is 3.44. The zero-order valence-electron chi connectivity index (χ0n) is 13.3. The Morgan fingerprint density at radius 2 is 2.13 bits per heavy atom. The van der Waals surface area contributed by atoms with Crippen molar-refractivity contribution in [2.75, 3.05) is 31.6 Å². The lowest BCUT2D eigenvalue weighted by Gasteiger charge is -2.23. The molecule has 0 radical (unpaired) electrons. The molecule has 5 nitrogen and oxygen atoms in total. The van der Waals surface area contributed by atoms with Crippen LogP contribution >= 0.6 is 0 Å². The lowest BCUT2D eigenvalue weighted by Crippen LogP contribution is -2.31. The van der Waals surface area contributed by atoms with Gasteiger partial charge in [0, 0.05) is 12.3 Å². The number of benzene rings is 1. The van der Waals surface area contributed by atoms with Crippen LogP contribution in [0.5, 0.6) is 5.75 Å². The first-order valence-corrected chi connectivity index (χ1v) is 8.62. The van der Waals surface area contributed by atoms with Gasteiger partial charge in [0.25, 0.3) is 0 Å². The minimum Gasteiger partial charge on any atom is -0.486 e. The lowest BCUT2D eigenvalue weighted by atomic mass is 9.92. The quantitative estimate of drug-likeness (QED) is 0.894. The van der Waals surface area contributed by atoms with Gasteiger partial charge in [0.1, 0.15) is 11.9 Å². The number of anilines is 1. The molecule has 3 fully saturated rings. The van der Waals surface area contributed by atoms with Gasteiger partial charge >= 0.3 is 0 Å². The third kappa shape index (κ3) is 3.08. The van der Waals surface area contributed by atoms with Crippen molar-refractivity contribution in [3.05, 3.63) is 24.3 Å². The molecule has 1 aromatic carbocycles. The second-order valence-electron chi connectivity index (χ2n) is 6.96. The van der Waals surface area contributed by atoms with E-state index in [2.05, 4.69) is 10.6 Å². The fraction of sp³-hybridized carbons (Fsp3) is 0.611. The fourth-order valence-electron chi connectivity index (χ4n) is 3.87. The number of piperidine rings is 1. The summed E-state index contributed by atoms with van der Waals surface area (Å²) in [6.07, 6.45) is 4.25. The number of nitrogens with one attached hydrogen (secondary N) is 2. The van der Waals surface area contributed by atoms with Gasteiger partial charge in [-0.3, -0.25) is 4.79 Å². The topological polar surface area (TPSA) is 59.6 Å². The first-order valence-electron chi connectivity index (χ1n) is 8.62. The Morgan fingerprint density at radius 1 is 1.30 bits per heavy atom. The van der Waals surface area contributed by atoms with Gasteiger partial charge in [-0.1, -0.05) is 12.1 Å². The molecule has 3 aliphatic rings. The third-order valence-electron chi connectivity index (χ3n) is 5.43. The molecule has 1 amide bonds. The Bertz CT molecular complexity index is 577. The van der Waals surface area contributed by atoms with Crippen molar-refractivity contribution in [1.29, 1.82) is 0 Å². The average molecular weight is 316 g/mol. The van der Waals surface area contributed by atoms with Gasteiger partial charge in [0.05, 0.1) is 18.9 Å². The smallest absolute Gasteiger partial charge is 0.228 e. The molecule has 2 heterocycles.